The molecule has 0 radical (unpaired) electrons. The highest BCUT2D eigenvalue weighted by Crippen LogP contribution is 2.45. The third-order valence-corrected chi connectivity index (χ3v) is 20.2. The number of phosphoric ester groups is 2. The Morgan fingerprint density at radius 2 is 0.429 bits per heavy atom. The average Bonchev–Trinajstić information content (AvgIpc) is 0.944. The van der Waals surface area contributed by atoms with Crippen molar-refractivity contribution in [1.29, 1.82) is 0 Å². The minimum atomic E-state index is -4.96. The fourth-order valence-electron chi connectivity index (χ4n) is 12.1. The van der Waals surface area contributed by atoms with E-state index < -0.39 is 97.5 Å². The lowest BCUT2D eigenvalue weighted by molar-refractivity contribution is -0.161. The van der Waals surface area contributed by atoms with E-state index in [-0.39, 0.29) is 25.7 Å². The first kappa shape index (κ1) is 96.1. The molecule has 0 aromatic carbocycles. The first-order chi connectivity index (χ1) is 47.1. The minimum absolute atomic E-state index is 0.102. The molecule has 0 aliphatic heterocycles. The topological polar surface area (TPSA) is 237 Å². The van der Waals surface area contributed by atoms with Crippen molar-refractivity contribution in [2.24, 2.45) is 23.7 Å². The second kappa shape index (κ2) is 68.2. The summed E-state index contributed by atoms with van der Waals surface area (Å²) >= 11 is 0. The molecule has 17 nitrogen and oxygen atoms in total. The van der Waals surface area contributed by atoms with Crippen molar-refractivity contribution in [2.45, 2.75) is 420 Å². The van der Waals surface area contributed by atoms with Gasteiger partial charge in [0, 0.05) is 25.7 Å². The third kappa shape index (κ3) is 72.4. The fraction of sp³-hybridized carbons (Fsp3) is 0.949. The molecule has 0 aliphatic rings. The second-order valence-electron chi connectivity index (χ2n) is 30.4. The van der Waals surface area contributed by atoms with Crippen molar-refractivity contribution in [3.63, 3.8) is 0 Å². The molecule has 0 aliphatic carbocycles. The number of rotatable bonds is 76. The van der Waals surface area contributed by atoms with Crippen molar-refractivity contribution in [1.82, 2.24) is 0 Å². The Kier molecular flexibility index (Phi) is 66.8. The van der Waals surface area contributed by atoms with Gasteiger partial charge < -0.3 is 33.8 Å². The predicted molar refractivity (Wildman–Crippen MR) is 400 cm³/mol. The molecule has 3 N–H and O–H groups in total. The molecule has 0 saturated carbocycles. The maximum atomic E-state index is 13.1. The molecular formula is C79H154O17P2. The van der Waals surface area contributed by atoms with Crippen LogP contribution in [0.5, 0.6) is 0 Å². The van der Waals surface area contributed by atoms with E-state index in [1.54, 1.807) is 0 Å². The molecule has 0 bridgehead atoms. The van der Waals surface area contributed by atoms with E-state index in [2.05, 4.69) is 55.4 Å². The predicted octanol–water partition coefficient (Wildman–Crippen LogP) is 23.2. The van der Waals surface area contributed by atoms with Gasteiger partial charge >= 0.3 is 39.5 Å². The number of hydrogen-bond acceptors (Lipinski definition) is 15. The Morgan fingerprint density at radius 1 is 0.255 bits per heavy atom. The van der Waals surface area contributed by atoms with E-state index >= 15 is 0 Å². The maximum Gasteiger partial charge on any atom is 0.472 e. The van der Waals surface area contributed by atoms with Crippen LogP contribution in [0, 0.1) is 23.7 Å². The number of unbranched alkanes of at least 4 members (excludes halogenated alkanes) is 42. The van der Waals surface area contributed by atoms with E-state index in [4.69, 9.17) is 37.0 Å². The molecule has 0 amide bonds. The van der Waals surface area contributed by atoms with Crippen LogP contribution in [-0.4, -0.2) is 96.7 Å². The largest absolute Gasteiger partial charge is 0.472 e. The summed E-state index contributed by atoms with van der Waals surface area (Å²) in [6.45, 7) is 14.2. The Balaban J connectivity index is 5.21. The summed E-state index contributed by atoms with van der Waals surface area (Å²) in [6, 6.07) is 0. The summed E-state index contributed by atoms with van der Waals surface area (Å²) in [6.07, 6.45) is 54.4. The molecule has 5 atom stereocenters. The van der Waals surface area contributed by atoms with Crippen LogP contribution < -0.4 is 0 Å². The summed E-state index contributed by atoms with van der Waals surface area (Å²) < 4.78 is 68.6. The zero-order valence-corrected chi connectivity index (χ0v) is 66.2. The van der Waals surface area contributed by atoms with Gasteiger partial charge in [-0.15, -0.1) is 0 Å². The first-order valence-electron chi connectivity index (χ1n) is 40.7. The normalized spacial score (nSPS) is 14.1. The molecule has 0 rings (SSSR count). The Bertz CT molecular complexity index is 1920. The lowest BCUT2D eigenvalue weighted by Crippen LogP contribution is -2.30. The van der Waals surface area contributed by atoms with Gasteiger partial charge in [-0.3, -0.25) is 37.3 Å². The number of esters is 4. The average molecular weight is 1440 g/mol. The van der Waals surface area contributed by atoms with Gasteiger partial charge in [0.25, 0.3) is 0 Å². The summed E-state index contributed by atoms with van der Waals surface area (Å²) in [5.74, 6) is 0.902. The molecule has 0 aromatic heterocycles. The van der Waals surface area contributed by atoms with Gasteiger partial charge in [0.05, 0.1) is 26.4 Å². The van der Waals surface area contributed by atoms with Crippen molar-refractivity contribution in [3.05, 3.63) is 0 Å². The summed E-state index contributed by atoms with van der Waals surface area (Å²) in [7, 11) is -9.92. The molecule has 0 spiro atoms. The van der Waals surface area contributed by atoms with Gasteiger partial charge in [-0.1, -0.05) is 351 Å². The quantitative estimate of drug-likeness (QED) is 0.0222. The van der Waals surface area contributed by atoms with Gasteiger partial charge in [0.2, 0.25) is 0 Å². The van der Waals surface area contributed by atoms with Crippen LogP contribution in [0.2, 0.25) is 0 Å². The van der Waals surface area contributed by atoms with Gasteiger partial charge in [-0.25, -0.2) is 9.13 Å². The van der Waals surface area contributed by atoms with Crippen molar-refractivity contribution in [3.8, 4) is 0 Å². The zero-order valence-electron chi connectivity index (χ0n) is 64.4. The highest BCUT2D eigenvalue weighted by atomic mass is 31.2. The van der Waals surface area contributed by atoms with Crippen molar-refractivity contribution < 1.29 is 80.2 Å². The van der Waals surface area contributed by atoms with E-state index in [1.807, 2.05) is 0 Å². The maximum absolute atomic E-state index is 13.1. The zero-order chi connectivity index (χ0) is 72.4. The molecule has 98 heavy (non-hydrogen) atoms. The lowest BCUT2D eigenvalue weighted by Gasteiger charge is -2.21. The monoisotopic (exact) mass is 1440 g/mol. The number of aliphatic hydroxyl groups excluding tert-OH is 1. The third-order valence-electron chi connectivity index (χ3n) is 18.3. The van der Waals surface area contributed by atoms with Gasteiger partial charge in [-0.05, 0) is 49.4 Å². The molecular weight excluding hydrogens is 1280 g/mol. The number of ether oxygens (including phenoxy) is 4. The number of hydrogen-bond donors (Lipinski definition) is 3. The number of carbonyl (C=O) groups is 4. The molecule has 0 aromatic rings. The molecule has 0 saturated heterocycles. The molecule has 0 fully saturated rings. The van der Waals surface area contributed by atoms with Crippen LogP contribution in [0.25, 0.3) is 0 Å². The van der Waals surface area contributed by atoms with E-state index in [1.165, 1.54) is 199 Å². The van der Waals surface area contributed by atoms with E-state index in [0.717, 1.165) is 108 Å². The SMILES string of the molecule is CC(C)CCCCCCCCCCCCCCCCCCC(=O)OC[C@H](COP(=O)(O)OCC(O)COP(=O)(O)OC[C@@H](COC(=O)CCCCCCCCCC(C)C)OC(=O)CCCCCCCCCC(C)C)OC(=O)CCCCCCCCCCCCCCCCCCC(C)C. The smallest absolute Gasteiger partial charge is 0.462 e. The van der Waals surface area contributed by atoms with Gasteiger partial charge in [0.15, 0.2) is 12.2 Å². The van der Waals surface area contributed by atoms with E-state index in [0.29, 0.717) is 37.5 Å². The number of carbonyl (C=O) groups excluding carboxylic acids is 4. The minimum Gasteiger partial charge on any atom is -0.462 e. The molecule has 19 heteroatoms. The molecule has 3 unspecified atom stereocenters. The first-order valence-corrected chi connectivity index (χ1v) is 43.7. The molecule has 582 valence electrons. The highest BCUT2D eigenvalue weighted by Gasteiger charge is 2.30. The summed E-state index contributed by atoms with van der Waals surface area (Å²) in [5.41, 5.74) is 0. The van der Waals surface area contributed by atoms with Crippen LogP contribution in [0.15, 0.2) is 0 Å². The Hall–Kier alpha value is -1.94. The Morgan fingerprint density at radius 3 is 0.633 bits per heavy atom. The Labute approximate surface area is 600 Å². The van der Waals surface area contributed by atoms with Gasteiger partial charge in [0.1, 0.15) is 19.3 Å². The number of aliphatic hydroxyl groups is 1. The van der Waals surface area contributed by atoms with Crippen LogP contribution in [-0.2, 0) is 65.4 Å². The fourth-order valence-corrected chi connectivity index (χ4v) is 13.7. The van der Waals surface area contributed by atoms with Gasteiger partial charge in [-0.2, -0.15) is 0 Å². The standard InChI is InChI=1S/C79H154O17P2/c1-69(2)55-47-39-31-25-21-17-13-9-11-15-19-23-27-35-43-51-59-76(81)89-65-74(95-78(83)61-53-45-36-28-24-20-16-12-10-14-18-22-26-32-40-48-56-70(3)4)67-93-97(85,86)91-63-73(80)64-92-98(87,88)94-68-75(96-79(84)62-54-46-38-30-34-42-50-58-72(7)8)66-90-77(82)60-52-44-37-29-33-41-49-57-71(5)6/h69-75,80H,9-68H2,1-8H3,(H,85,86)(H,87,88)/t73?,74-,75-/m1/s1. The summed E-state index contributed by atoms with van der Waals surface area (Å²) in [5, 5.41) is 10.6. The molecule has 0 heterocycles. The van der Waals surface area contributed by atoms with Crippen molar-refractivity contribution in [2.75, 3.05) is 39.6 Å². The van der Waals surface area contributed by atoms with Crippen LogP contribution in [0.1, 0.15) is 402 Å². The summed E-state index contributed by atoms with van der Waals surface area (Å²) in [4.78, 5) is 72.8. The van der Waals surface area contributed by atoms with Crippen LogP contribution >= 0.6 is 15.6 Å². The lowest BCUT2D eigenvalue weighted by atomic mass is 10.0. The van der Waals surface area contributed by atoms with Crippen LogP contribution in [0.3, 0.4) is 0 Å². The van der Waals surface area contributed by atoms with E-state index in [9.17, 15) is 43.2 Å². The second-order valence-corrected chi connectivity index (χ2v) is 33.3. The van der Waals surface area contributed by atoms with Crippen LogP contribution in [0.4, 0.5) is 0 Å². The highest BCUT2D eigenvalue weighted by molar-refractivity contribution is 7.47. The number of phosphoric acid groups is 2. The van der Waals surface area contributed by atoms with Crippen molar-refractivity contribution >= 4 is 39.5 Å².